The molecule has 100 valence electrons. The summed E-state index contributed by atoms with van der Waals surface area (Å²) in [4.78, 5) is 11.2. The van der Waals surface area contributed by atoms with Gasteiger partial charge < -0.3 is 10.6 Å². The lowest BCUT2D eigenvalue weighted by Gasteiger charge is -2.20. The van der Waals surface area contributed by atoms with Crippen molar-refractivity contribution in [1.82, 2.24) is 9.97 Å². The van der Waals surface area contributed by atoms with Crippen molar-refractivity contribution in [3.8, 4) is 11.3 Å². The van der Waals surface area contributed by atoms with Crippen molar-refractivity contribution in [2.24, 2.45) is 0 Å². The van der Waals surface area contributed by atoms with Crippen molar-refractivity contribution >= 4 is 11.8 Å². The van der Waals surface area contributed by atoms with Crippen molar-refractivity contribution in [1.29, 1.82) is 0 Å². The third kappa shape index (κ3) is 2.67. The Bertz CT molecular complexity index is 548. The average Bonchev–Trinajstić information content (AvgIpc) is 2.44. The van der Waals surface area contributed by atoms with Gasteiger partial charge >= 0.3 is 0 Å². The molecular formula is C15H20N4. The van der Waals surface area contributed by atoms with Gasteiger partial charge in [-0.3, -0.25) is 0 Å². The second kappa shape index (κ2) is 5.69. The molecule has 0 spiro atoms. The molecule has 0 fully saturated rings. The smallest absolute Gasteiger partial charge is 0.227 e. The van der Waals surface area contributed by atoms with Crippen LogP contribution in [0, 0.1) is 6.92 Å². The minimum atomic E-state index is 0.552. The number of nitrogens with two attached hydrogens (primary N) is 1. The van der Waals surface area contributed by atoms with Crippen LogP contribution >= 0.6 is 0 Å². The van der Waals surface area contributed by atoms with Crippen LogP contribution in [0.5, 0.6) is 0 Å². The molecule has 0 radical (unpaired) electrons. The largest absolute Gasteiger partial charge is 0.383 e. The summed E-state index contributed by atoms with van der Waals surface area (Å²) < 4.78 is 0. The van der Waals surface area contributed by atoms with Gasteiger partial charge in [-0.05, 0) is 20.8 Å². The molecule has 0 aliphatic heterocycles. The van der Waals surface area contributed by atoms with E-state index in [-0.39, 0.29) is 0 Å². The van der Waals surface area contributed by atoms with E-state index in [1.165, 1.54) is 0 Å². The molecule has 0 bridgehead atoms. The molecule has 2 rings (SSSR count). The Morgan fingerprint density at radius 1 is 1.05 bits per heavy atom. The Kier molecular flexibility index (Phi) is 4.00. The molecule has 2 N–H and O–H groups in total. The number of nitrogens with zero attached hydrogens (tertiary/aromatic N) is 3. The van der Waals surface area contributed by atoms with Crippen LogP contribution in [-0.4, -0.2) is 23.1 Å². The molecule has 1 aromatic heterocycles. The van der Waals surface area contributed by atoms with Crippen LogP contribution in [0.4, 0.5) is 11.8 Å². The molecule has 0 aliphatic carbocycles. The van der Waals surface area contributed by atoms with E-state index in [1.807, 2.05) is 37.3 Å². The number of hydrogen-bond donors (Lipinski definition) is 1. The van der Waals surface area contributed by atoms with Crippen molar-refractivity contribution in [3.63, 3.8) is 0 Å². The van der Waals surface area contributed by atoms with Gasteiger partial charge in [0.15, 0.2) is 0 Å². The van der Waals surface area contributed by atoms with E-state index >= 15 is 0 Å². The minimum Gasteiger partial charge on any atom is -0.383 e. The predicted octanol–water partition coefficient (Wildman–Crippen LogP) is 2.88. The number of anilines is 2. The zero-order valence-electron chi connectivity index (χ0n) is 11.7. The maximum Gasteiger partial charge on any atom is 0.227 e. The van der Waals surface area contributed by atoms with Gasteiger partial charge in [0.25, 0.3) is 0 Å². The van der Waals surface area contributed by atoms with Crippen LogP contribution in [0.15, 0.2) is 30.3 Å². The lowest BCUT2D eigenvalue weighted by molar-refractivity contribution is 0.822. The minimum absolute atomic E-state index is 0.552. The molecule has 0 atom stereocenters. The first-order chi connectivity index (χ1) is 9.17. The molecule has 1 aromatic carbocycles. The zero-order chi connectivity index (χ0) is 13.8. The average molecular weight is 256 g/mol. The molecular weight excluding hydrogens is 236 g/mol. The van der Waals surface area contributed by atoms with Gasteiger partial charge in [0.1, 0.15) is 5.82 Å². The van der Waals surface area contributed by atoms with Gasteiger partial charge in [0.05, 0.1) is 5.69 Å². The fourth-order valence-corrected chi connectivity index (χ4v) is 2.05. The zero-order valence-corrected chi connectivity index (χ0v) is 11.7. The maximum absolute atomic E-state index is 6.03. The highest BCUT2D eigenvalue weighted by molar-refractivity contribution is 5.68. The first kappa shape index (κ1) is 13.3. The van der Waals surface area contributed by atoms with Gasteiger partial charge in [-0.15, -0.1) is 0 Å². The van der Waals surface area contributed by atoms with Crippen LogP contribution in [0.3, 0.4) is 0 Å². The molecule has 19 heavy (non-hydrogen) atoms. The topological polar surface area (TPSA) is 55.0 Å². The van der Waals surface area contributed by atoms with Crippen LogP contribution in [0.1, 0.15) is 19.4 Å². The SMILES string of the molecule is CCN(CC)c1nc(N)c(C)c(-c2ccccc2)n1. The normalized spacial score (nSPS) is 10.5. The third-order valence-corrected chi connectivity index (χ3v) is 3.27. The summed E-state index contributed by atoms with van der Waals surface area (Å²) in [5, 5.41) is 0. The van der Waals surface area contributed by atoms with E-state index in [4.69, 9.17) is 5.73 Å². The van der Waals surface area contributed by atoms with E-state index in [1.54, 1.807) is 0 Å². The molecule has 0 saturated carbocycles. The van der Waals surface area contributed by atoms with Crippen molar-refractivity contribution in [3.05, 3.63) is 35.9 Å². The van der Waals surface area contributed by atoms with Crippen LogP contribution < -0.4 is 10.6 Å². The number of benzene rings is 1. The van der Waals surface area contributed by atoms with Crippen molar-refractivity contribution < 1.29 is 0 Å². The highest BCUT2D eigenvalue weighted by atomic mass is 15.3. The van der Waals surface area contributed by atoms with Gasteiger partial charge in [-0.25, -0.2) is 4.98 Å². The van der Waals surface area contributed by atoms with E-state index in [0.717, 1.165) is 29.9 Å². The summed E-state index contributed by atoms with van der Waals surface area (Å²) in [6, 6.07) is 10.1. The van der Waals surface area contributed by atoms with Crippen LogP contribution in [0.25, 0.3) is 11.3 Å². The predicted molar refractivity (Wildman–Crippen MR) is 80.2 cm³/mol. The van der Waals surface area contributed by atoms with E-state index < -0.39 is 0 Å². The quantitative estimate of drug-likeness (QED) is 0.914. The molecule has 1 heterocycles. The van der Waals surface area contributed by atoms with E-state index in [9.17, 15) is 0 Å². The second-order valence-corrected chi connectivity index (χ2v) is 4.42. The summed E-state index contributed by atoms with van der Waals surface area (Å²) in [5.41, 5.74) is 8.94. The summed E-state index contributed by atoms with van der Waals surface area (Å²) in [6.07, 6.45) is 0. The molecule has 0 unspecified atom stereocenters. The van der Waals surface area contributed by atoms with Crippen LogP contribution in [-0.2, 0) is 0 Å². The number of aromatic nitrogens is 2. The summed E-state index contributed by atoms with van der Waals surface area (Å²) >= 11 is 0. The molecule has 4 heteroatoms. The monoisotopic (exact) mass is 256 g/mol. The summed E-state index contributed by atoms with van der Waals surface area (Å²) in [6.45, 7) is 7.88. The molecule has 0 aliphatic rings. The summed E-state index contributed by atoms with van der Waals surface area (Å²) in [5.74, 6) is 1.25. The number of hydrogen-bond acceptors (Lipinski definition) is 4. The maximum atomic E-state index is 6.03. The highest BCUT2D eigenvalue weighted by Gasteiger charge is 2.13. The first-order valence-electron chi connectivity index (χ1n) is 6.61. The van der Waals surface area contributed by atoms with Gasteiger partial charge in [-0.1, -0.05) is 30.3 Å². The standard InChI is InChI=1S/C15H20N4/c1-4-19(5-2)15-17-13(11(3)14(16)18-15)12-9-7-6-8-10-12/h6-10H,4-5H2,1-3H3,(H2,16,17,18). The molecule has 0 saturated heterocycles. The Balaban J connectivity index is 2.55. The first-order valence-corrected chi connectivity index (χ1v) is 6.61. The summed E-state index contributed by atoms with van der Waals surface area (Å²) in [7, 11) is 0. The van der Waals surface area contributed by atoms with Crippen LogP contribution in [0.2, 0.25) is 0 Å². The van der Waals surface area contributed by atoms with Gasteiger partial charge in [0, 0.05) is 24.2 Å². The van der Waals surface area contributed by atoms with Gasteiger partial charge in [0.2, 0.25) is 5.95 Å². The Morgan fingerprint density at radius 3 is 2.26 bits per heavy atom. The van der Waals surface area contributed by atoms with Gasteiger partial charge in [-0.2, -0.15) is 4.98 Å². The van der Waals surface area contributed by atoms with E-state index in [2.05, 4.69) is 28.7 Å². The van der Waals surface area contributed by atoms with Crippen molar-refractivity contribution in [2.45, 2.75) is 20.8 Å². The van der Waals surface area contributed by atoms with Crippen molar-refractivity contribution in [2.75, 3.05) is 23.7 Å². The number of nitrogen functional groups attached to an aromatic ring is 1. The second-order valence-electron chi connectivity index (χ2n) is 4.42. The lowest BCUT2D eigenvalue weighted by atomic mass is 10.1. The Hall–Kier alpha value is -2.10. The molecule has 4 nitrogen and oxygen atoms in total. The highest BCUT2D eigenvalue weighted by Crippen LogP contribution is 2.26. The molecule has 0 amide bonds. The third-order valence-electron chi connectivity index (χ3n) is 3.27. The number of rotatable bonds is 4. The fraction of sp³-hybridized carbons (Fsp3) is 0.333. The Labute approximate surface area is 114 Å². The fourth-order valence-electron chi connectivity index (χ4n) is 2.05. The molecule has 2 aromatic rings. The lowest BCUT2D eigenvalue weighted by Crippen LogP contribution is -2.25. The Morgan fingerprint density at radius 2 is 1.68 bits per heavy atom. The van der Waals surface area contributed by atoms with E-state index in [0.29, 0.717) is 11.8 Å².